The van der Waals surface area contributed by atoms with Crippen LogP contribution in [0.4, 0.5) is 0 Å². The number of aryl methyl sites for hydroxylation is 1. The van der Waals surface area contributed by atoms with Gasteiger partial charge in [0, 0.05) is 4.70 Å². The van der Waals surface area contributed by atoms with Crippen LogP contribution in [0, 0.1) is 12.8 Å². The number of hydrogen-bond donors (Lipinski definition) is 1. The fourth-order valence-corrected chi connectivity index (χ4v) is 3.68. The summed E-state index contributed by atoms with van der Waals surface area (Å²) in [6.07, 6.45) is 0.695. The number of amides is 1. The summed E-state index contributed by atoms with van der Waals surface area (Å²) in [5.41, 5.74) is 0.836. The first-order chi connectivity index (χ1) is 12.4. The first-order valence-electron chi connectivity index (χ1n) is 8.41. The van der Waals surface area contributed by atoms with Crippen LogP contribution < -0.4 is 5.32 Å². The van der Waals surface area contributed by atoms with Gasteiger partial charge in [0.25, 0.3) is 5.91 Å². The molecule has 26 heavy (non-hydrogen) atoms. The zero-order chi connectivity index (χ0) is 19.3. The molecule has 2 aromatic rings. The Hall–Kier alpha value is -2.41. The van der Waals surface area contributed by atoms with Crippen molar-refractivity contribution < 1.29 is 23.9 Å². The molecule has 0 spiro atoms. The van der Waals surface area contributed by atoms with Crippen molar-refractivity contribution in [3.8, 4) is 0 Å². The first-order valence-corrected chi connectivity index (χ1v) is 9.23. The average Bonchev–Trinajstić information content (AvgIpc) is 3.00. The highest BCUT2D eigenvalue weighted by molar-refractivity contribution is 7.21. The summed E-state index contributed by atoms with van der Waals surface area (Å²) in [4.78, 5) is 36.7. The van der Waals surface area contributed by atoms with Gasteiger partial charge >= 0.3 is 11.9 Å². The van der Waals surface area contributed by atoms with Crippen molar-refractivity contribution in [2.45, 2.75) is 33.2 Å². The van der Waals surface area contributed by atoms with Gasteiger partial charge in [-0.3, -0.25) is 4.79 Å². The van der Waals surface area contributed by atoms with Crippen molar-refractivity contribution in [1.82, 2.24) is 5.32 Å². The fraction of sp³-hybridized carbons (Fsp3) is 0.421. The highest BCUT2D eigenvalue weighted by Crippen LogP contribution is 2.30. The van der Waals surface area contributed by atoms with Crippen molar-refractivity contribution in [1.29, 1.82) is 0 Å². The molecule has 2 rings (SSSR count). The second-order valence-electron chi connectivity index (χ2n) is 6.08. The third kappa shape index (κ3) is 4.40. The van der Waals surface area contributed by atoms with Gasteiger partial charge in [-0.25, -0.2) is 9.59 Å². The van der Waals surface area contributed by atoms with E-state index in [9.17, 15) is 14.4 Å². The molecule has 0 bridgehead atoms. The minimum Gasteiger partial charge on any atom is -0.467 e. The van der Waals surface area contributed by atoms with E-state index in [1.165, 1.54) is 18.4 Å². The predicted octanol–water partition coefficient (Wildman–Crippen LogP) is 3.07. The number of methoxy groups -OCH3 is 1. The highest BCUT2D eigenvalue weighted by atomic mass is 32.1. The molecule has 0 unspecified atom stereocenters. The van der Waals surface area contributed by atoms with Gasteiger partial charge in [-0.15, -0.1) is 11.3 Å². The molecular formula is C19H23NO5S. The van der Waals surface area contributed by atoms with E-state index in [0.29, 0.717) is 11.3 Å². The third-order valence-corrected chi connectivity index (χ3v) is 5.60. The zero-order valence-corrected chi connectivity index (χ0v) is 16.1. The summed E-state index contributed by atoms with van der Waals surface area (Å²) < 4.78 is 10.8. The lowest BCUT2D eigenvalue weighted by Crippen LogP contribution is -2.47. The summed E-state index contributed by atoms with van der Waals surface area (Å²) in [5.74, 6) is -1.68. The quantitative estimate of drug-likeness (QED) is 0.750. The maximum atomic E-state index is 12.3. The largest absolute Gasteiger partial charge is 0.467 e. The minimum absolute atomic E-state index is 0.0908. The van der Waals surface area contributed by atoms with Crippen LogP contribution in [0.2, 0.25) is 0 Å². The first kappa shape index (κ1) is 19.9. The normalized spacial score (nSPS) is 13.1. The average molecular weight is 377 g/mol. The number of ether oxygens (including phenoxy) is 2. The van der Waals surface area contributed by atoms with Crippen LogP contribution in [0.5, 0.6) is 0 Å². The Balaban J connectivity index is 2.00. The molecule has 0 saturated carbocycles. The Labute approximate surface area is 156 Å². The number of thiophene rings is 1. The molecule has 1 heterocycles. The molecule has 1 aromatic carbocycles. The molecule has 0 aliphatic rings. The molecule has 0 radical (unpaired) electrons. The number of rotatable bonds is 7. The van der Waals surface area contributed by atoms with Crippen molar-refractivity contribution in [2.24, 2.45) is 5.92 Å². The molecule has 1 N–H and O–H groups in total. The number of benzene rings is 1. The van der Waals surface area contributed by atoms with Gasteiger partial charge in [0.1, 0.15) is 10.9 Å². The summed E-state index contributed by atoms with van der Waals surface area (Å²) in [5, 5.41) is 3.58. The second kappa shape index (κ2) is 8.80. The standard InChI is InChI=1S/C19H23NO5S/c1-5-11(2)16(18(22)24-4)20-15(21)10-25-19(23)17-12(3)13-8-6-7-9-14(13)26-17/h6-9,11,16H,5,10H2,1-4H3,(H,20,21)/t11-,16-/m0/s1. The molecule has 2 atom stereocenters. The lowest BCUT2D eigenvalue weighted by molar-refractivity contribution is -0.147. The minimum atomic E-state index is -0.762. The zero-order valence-electron chi connectivity index (χ0n) is 15.3. The molecule has 0 aliphatic heterocycles. The number of carbonyl (C=O) groups is 3. The van der Waals surface area contributed by atoms with E-state index in [4.69, 9.17) is 9.47 Å². The van der Waals surface area contributed by atoms with Crippen molar-refractivity contribution >= 4 is 39.3 Å². The van der Waals surface area contributed by atoms with E-state index in [2.05, 4.69) is 5.32 Å². The van der Waals surface area contributed by atoms with E-state index in [0.717, 1.165) is 15.6 Å². The monoisotopic (exact) mass is 377 g/mol. The molecule has 1 aromatic heterocycles. The van der Waals surface area contributed by atoms with Gasteiger partial charge in [0.15, 0.2) is 6.61 Å². The van der Waals surface area contributed by atoms with E-state index in [1.54, 1.807) is 0 Å². The topological polar surface area (TPSA) is 81.7 Å². The van der Waals surface area contributed by atoms with Crippen LogP contribution in [-0.4, -0.2) is 37.6 Å². The number of fused-ring (bicyclic) bond motifs is 1. The van der Waals surface area contributed by atoms with Gasteiger partial charge in [-0.1, -0.05) is 38.5 Å². The lowest BCUT2D eigenvalue weighted by atomic mass is 9.99. The van der Waals surface area contributed by atoms with E-state index >= 15 is 0 Å². The Morgan fingerprint density at radius 1 is 1.23 bits per heavy atom. The summed E-state index contributed by atoms with van der Waals surface area (Å²) >= 11 is 1.33. The number of hydrogen-bond acceptors (Lipinski definition) is 6. The number of esters is 2. The van der Waals surface area contributed by atoms with Crippen LogP contribution in [0.3, 0.4) is 0 Å². The maximum absolute atomic E-state index is 12.3. The fourth-order valence-electron chi connectivity index (χ4n) is 2.58. The number of nitrogens with one attached hydrogen (secondary N) is 1. The molecule has 1 amide bonds. The lowest BCUT2D eigenvalue weighted by Gasteiger charge is -2.21. The third-order valence-electron chi connectivity index (χ3n) is 4.35. The summed E-state index contributed by atoms with van der Waals surface area (Å²) in [6, 6.07) is 6.93. The SMILES string of the molecule is CC[C@H](C)[C@H](NC(=O)COC(=O)c1sc2ccccc2c1C)C(=O)OC. The molecule has 7 heteroatoms. The molecule has 0 aliphatic carbocycles. The van der Waals surface area contributed by atoms with Crippen LogP contribution >= 0.6 is 11.3 Å². The van der Waals surface area contributed by atoms with Crippen molar-refractivity contribution in [3.05, 3.63) is 34.7 Å². The van der Waals surface area contributed by atoms with Gasteiger partial charge < -0.3 is 14.8 Å². The van der Waals surface area contributed by atoms with E-state index < -0.39 is 30.5 Å². The molecule has 0 saturated heterocycles. The van der Waals surface area contributed by atoms with Gasteiger partial charge in [-0.05, 0) is 29.9 Å². The Morgan fingerprint density at radius 3 is 2.54 bits per heavy atom. The number of carbonyl (C=O) groups excluding carboxylic acids is 3. The van der Waals surface area contributed by atoms with Crippen LogP contribution in [0.15, 0.2) is 24.3 Å². The molecule has 140 valence electrons. The van der Waals surface area contributed by atoms with Crippen LogP contribution in [-0.2, 0) is 19.1 Å². The van der Waals surface area contributed by atoms with E-state index in [1.807, 2.05) is 45.0 Å². The van der Waals surface area contributed by atoms with Gasteiger partial charge in [0.2, 0.25) is 0 Å². The van der Waals surface area contributed by atoms with Crippen molar-refractivity contribution in [2.75, 3.05) is 13.7 Å². The molecule has 0 fully saturated rings. The van der Waals surface area contributed by atoms with Crippen molar-refractivity contribution in [3.63, 3.8) is 0 Å². The summed E-state index contributed by atoms with van der Waals surface area (Å²) in [7, 11) is 1.27. The second-order valence-corrected chi connectivity index (χ2v) is 7.13. The Bertz CT molecular complexity index is 813. The van der Waals surface area contributed by atoms with Gasteiger partial charge in [-0.2, -0.15) is 0 Å². The Kier molecular flexibility index (Phi) is 6.74. The molecule has 6 nitrogen and oxygen atoms in total. The smallest absolute Gasteiger partial charge is 0.349 e. The summed E-state index contributed by atoms with van der Waals surface area (Å²) in [6.45, 7) is 5.16. The predicted molar refractivity (Wildman–Crippen MR) is 100 cm³/mol. The van der Waals surface area contributed by atoms with E-state index in [-0.39, 0.29) is 5.92 Å². The maximum Gasteiger partial charge on any atom is 0.349 e. The van der Waals surface area contributed by atoms with Crippen LogP contribution in [0.25, 0.3) is 10.1 Å². The highest BCUT2D eigenvalue weighted by Gasteiger charge is 2.27. The Morgan fingerprint density at radius 2 is 1.92 bits per heavy atom. The van der Waals surface area contributed by atoms with Crippen LogP contribution in [0.1, 0.15) is 35.5 Å². The van der Waals surface area contributed by atoms with Gasteiger partial charge in [0.05, 0.1) is 7.11 Å². The molecular weight excluding hydrogens is 354 g/mol.